The highest BCUT2D eigenvalue weighted by molar-refractivity contribution is 7.39. The van der Waals surface area contributed by atoms with Gasteiger partial charge in [-0.15, -0.1) is 0 Å². The predicted molar refractivity (Wildman–Crippen MR) is 62.2 cm³/mol. The second-order valence-corrected chi connectivity index (χ2v) is 5.18. The van der Waals surface area contributed by atoms with Crippen LogP contribution in [0.15, 0.2) is 0 Å². The minimum atomic E-state index is -2.34. The lowest BCUT2D eigenvalue weighted by Crippen LogP contribution is -2.18. The van der Waals surface area contributed by atoms with Gasteiger partial charge in [0.15, 0.2) is 8.03 Å². The Morgan fingerprint density at radius 2 is 1.53 bits per heavy atom. The monoisotopic (exact) mass is 266 g/mol. The Balaban J connectivity index is 3.95. The van der Waals surface area contributed by atoms with Gasteiger partial charge in [0.05, 0.1) is 32.7 Å². The molecule has 0 aliphatic heterocycles. The third kappa shape index (κ3) is 6.44. The van der Waals surface area contributed by atoms with Crippen molar-refractivity contribution in [3.63, 3.8) is 0 Å². The molecule has 3 atom stereocenters. The maximum atomic E-state index is 11.5. The normalized spacial score (nSPS) is 15.8. The molecule has 0 heterocycles. The third-order valence-corrected chi connectivity index (χ3v) is 3.61. The van der Waals surface area contributed by atoms with Gasteiger partial charge in [-0.25, -0.2) is 0 Å². The number of rotatable bonds is 7. The summed E-state index contributed by atoms with van der Waals surface area (Å²) in [5, 5.41) is 0. The Kier molecular flexibility index (Phi) is 7.83. The summed E-state index contributed by atoms with van der Waals surface area (Å²) in [4.78, 5) is 22.1. The molecule has 0 saturated carbocycles. The Labute approximate surface area is 101 Å². The summed E-state index contributed by atoms with van der Waals surface area (Å²) in [6.45, 7) is 3.25. The molecule has 3 unspecified atom stereocenters. The molecule has 0 aromatic carbocycles. The van der Waals surface area contributed by atoms with Crippen LogP contribution in [-0.2, 0) is 28.2 Å². The summed E-state index contributed by atoms with van der Waals surface area (Å²) in [5.41, 5.74) is 0. The van der Waals surface area contributed by atoms with Crippen LogP contribution in [0.25, 0.3) is 0 Å². The quantitative estimate of drug-likeness (QED) is 0.507. The average Bonchev–Trinajstić information content (AvgIpc) is 2.33. The Morgan fingerprint density at radius 3 is 2.00 bits per heavy atom. The topological polar surface area (TPSA) is 78.9 Å². The van der Waals surface area contributed by atoms with Crippen LogP contribution in [0, 0.1) is 11.8 Å². The van der Waals surface area contributed by atoms with Crippen LogP contribution in [0.2, 0.25) is 0 Å². The number of ether oxygens (including phenoxy) is 2. The van der Waals surface area contributed by atoms with Crippen molar-refractivity contribution in [1.82, 2.24) is 0 Å². The maximum absolute atomic E-state index is 11.5. The first kappa shape index (κ1) is 16.1. The van der Waals surface area contributed by atoms with Crippen molar-refractivity contribution in [3.05, 3.63) is 0 Å². The molecule has 7 heteroatoms. The lowest BCUT2D eigenvalue weighted by atomic mass is 10.2. The smallest absolute Gasteiger partial charge is 0.310 e. The first-order valence-electron chi connectivity index (χ1n) is 5.23. The van der Waals surface area contributed by atoms with Gasteiger partial charge in [-0.05, 0) is 6.92 Å². The van der Waals surface area contributed by atoms with Gasteiger partial charge in [0, 0.05) is 6.16 Å². The summed E-state index contributed by atoms with van der Waals surface area (Å²) < 4.78 is 25.5. The van der Waals surface area contributed by atoms with E-state index in [0.717, 1.165) is 0 Å². The van der Waals surface area contributed by atoms with E-state index in [1.165, 1.54) is 14.2 Å². The number of carbonyl (C=O) groups excluding carboxylic acids is 2. The van der Waals surface area contributed by atoms with E-state index in [1.54, 1.807) is 13.8 Å². The van der Waals surface area contributed by atoms with E-state index < -0.39 is 31.8 Å². The van der Waals surface area contributed by atoms with E-state index in [1.807, 2.05) is 0 Å². The van der Waals surface area contributed by atoms with Gasteiger partial charge in [-0.2, -0.15) is 0 Å². The van der Waals surface area contributed by atoms with Gasteiger partial charge in [0.25, 0.3) is 0 Å². The van der Waals surface area contributed by atoms with Crippen molar-refractivity contribution in [2.24, 2.45) is 11.8 Å². The fraction of sp³-hybridized carbons (Fsp3) is 0.800. The molecular weight excluding hydrogens is 247 g/mol. The van der Waals surface area contributed by atoms with Crippen molar-refractivity contribution in [2.75, 3.05) is 27.0 Å². The zero-order valence-electron chi connectivity index (χ0n) is 10.5. The molecule has 100 valence electrons. The summed E-state index contributed by atoms with van der Waals surface area (Å²) >= 11 is 0. The number of esters is 2. The summed E-state index contributed by atoms with van der Waals surface area (Å²) in [6, 6.07) is 0. The molecule has 0 aromatic rings. The molecule has 0 radical (unpaired) electrons. The number of hydrogen-bond acceptors (Lipinski definition) is 6. The number of methoxy groups -OCH3 is 2. The zero-order valence-corrected chi connectivity index (χ0v) is 11.5. The van der Waals surface area contributed by atoms with E-state index >= 15 is 0 Å². The van der Waals surface area contributed by atoms with Crippen LogP contribution < -0.4 is 0 Å². The fourth-order valence-electron chi connectivity index (χ4n) is 1.08. The van der Waals surface area contributed by atoms with E-state index in [2.05, 4.69) is 9.47 Å². The van der Waals surface area contributed by atoms with E-state index in [-0.39, 0.29) is 12.8 Å². The Morgan fingerprint density at radius 1 is 1.06 bits per heavy atom. The molecule has 0 bridgehead atoms. The second-order valence-electron chi connectivity index (χ2n) is 3.74. The summed E-state index contributed by atoms with van der Waals surface area (Å²) in [5.74, 6) is -1.78. The minimum absolute atomic E-state index is 0.0262. The lowest BCUT2D eigenvalue weighted by Gasteiger charge is -2.11. The van der Waals surface area contributed by atoms with E-state index in [9.17, 15) is 14.2 Å². The van der Waals surface area contributed by atoms with Gasteiger partial charge < -0.3 is 14.0 Å². The van der Waals surface area contributed by atoms with Crippen molar-refractivity contribution in [2.45, 2.75) is 13.8 Å². The maximum Gasteiger partial charge on any atom is 0.310 e. The SMILES string of the molecule is COC(=O)C(C)CO[PH](=O)CC(C)C(=O)OC. The van der Waals surface area contributed by atoms with Crippen LogP contribution in [-0.4, -0.2) is 38.9 Å². The largest absolute Gasteiger partial charge is 0.469 e. The van der Waals surface area contributed by atoms with Crippen LogP contribution in [0.3, 0.4) is 0 Å². The number of carbonyl (C=O) groups is 2. The van der Waals surface area contributed by atoms with E-state index in [0.29, 0.717) is 0 Å². The molecule has 0 fully saturated rings. The molecule has 17 heavy (non-hydrogen) atoms. The van der Waals surface area contributed by atoms with Crippen molar-refractivity contribution >= 4 is 20.0 Å². The first-order valence-corrected chi connectivity index (χ1v) is 6.76. The predicted octanol–water partition coefficient (Wildman–Crippen LogP) is 1.10. The number of hydrogen-bond donors (Lipinski definition) is 0. The minimum Gasteiger partial charge on any atom is -0.469 e. The van der Waals surface area contributed by atoms with Gasteiger partial charge >= 0.3 is 11.9 Å². The molecule has 0 aliphatic rings. The van der Waals surface area contributed by atoms with Crippen LogP contribution in [0.1, 0.15) is 13.8 Å². The Hall–Kier alpha value is -0.870. The summed E-state index contributed by atoms with van der Waals surface area (Å²) in [7, 11) is 0.215. The van der Waals surface area contributed by atoms with E-state index in [4.69, 9.17) is 4.52 Å². The van der Waals surface area contributed by atoms with Crippen LogP contribution in [0.4, 0.5) is 0 Å². The molecule has 6 nitrogen and oxygen atoms in total. The molecule has 0 N–H and O–H groups in total. The van der Waals surface area contributed by atoms with Gasteiger partial charge in [0.2, 0.25) is 0 Å². The molecule has 0 spiro atoms. The average molecular weight is 266 g/mol. The standard InChI is InChI=1S/C10H19O6P/c1-7(9(11)14-3)5-16-17(13)6-8(2)10(12)15-4/h7-8,17H,5-6H2,1-4H3. The van der Waals surface area contributed by atoms with Gasteiger partial charge in [0.1, 0.15) is 0 Å². The van der Waals surface area contributed by atoms with Crippen LogP contribution >= 0.6 is 8.03 Å². The fourth-order valence-corrected chi connectivity index (χ4v) is 2.30. The molecule has 0 aromatic heterocycles. The van der Waals surface area contributed by atoms with Gasteiger partial charge in [-0.1, -0.05) is 6.92 Å². The highest BCUT2D eigenvalue weighted by atomic mass is 31.1. The molecule has 0 saturated heterocycles. The highest BCUT2D eigenvalue weighted by Crippen LogP contribution is 2.27. The highest BCUT2D eigenvalue weighted by Gasteiger charge is 2.19. The zero-order chi connectivity index (χ0) is 13.4. The van der Waals surface area contributed by atoms with Crippen molar-refractivity contribution < 1.29 is 28.2 Å². The van der Waals surface area contributed by atoms with Crippen LogP contribution in [0.5, 0.6) is 0 Å². The molecule has 0 rings (SSSR count). The van der Waals surface area contributed by atoms with Crippen molar-refractivity contribution in [1.29, 1.82) is 0 Å². The Bertz CT molecular complexity index is 291. The second kappa shape index (κ2) is 8.25. The van der Waals surface area contributed by atoms with Crippen molar-refractivity contribution in [3.8, 4) is 0 Å². The molecule has 0 aliphatic carbocycles. The van der Waals surface area contributed by atoms with Gasteiger partial charge in [-0.3, -0.25) is 14.2 Å². The molecule has 0 amide bonds. The first-order chi connectivity index (χ1) is 7.92. The molecular formula is C10H19O6P. The summed E-state index contributed by atoms with van der Waals surface area (Å²) in [6.07, 6.45) is 0.116. The third-order valence-electron chi connectivity index (χ3n) is 2.17. The lowest BCUT2D eigenvalue weighted by molar-refractivity contribution is -0.146.